The van der Waals surface area contributed by atoms with E-state index in [4.69, 9.17) is 4.74 Å². The average Bonchev–Trinajstić information content (AvgIpc) is 3.13. The second-order valence-corrected chi connectivity index (χ2v) is 21.1. The molecule has 2 rings (SSSR count). The fraction of sp³-hybridized carbons (Fsp3) is 0.720. The van der Waals surface area contributed by atoms with E-state index in [1.54, 1.807) is 12.1 Å². The lowest BCUT2D eigenvalue weighted by atomic mass is 9.78. The quantitative estimate of drug-likeness (QED) is 0.0689. The van der Waals surface area contributed by atoms with Gasteiger partial charge in [0, 0.05) is 19.3 Å². The normalized spacial score (nSPS) is 13.6. The number of halogens is 7. The molecule has 0 amide bonds. The molecule has 0 bridgehead atoms. The van der Waals surface area contributed by atoms with E-state index in [9.17, 15) is 55.6 Å². The Morgan fingerprint density at radius 1 is 0.547 bits per heavy atom. The van der Waals surface area contributed by atoms with Crippen molar-refractivity contribution in [1.29, 1.82) is 0 Å². The minimum atomic E-state index is -6.51. The molecule has 14 heteroatoms. The highest BCUT2D eigenvalue weighted by Gasteiger charge is 2.72. The maximum Gasteiger partial charge on any atom is 0.459 e. The van der Waals surface area contributed by atoms with Gasteiger partial charge in [-0.15, -0.1) is 0 Å². The second kappa shape index (κ2) is 23.8. The second-order valence-electron chi connectivity index (χ2n) is 21.1. The SMILES string of the molecule is CC(C)(C)c1cc(CCC(=O)OCC(O)CC(F)(F)C(F)(F)C(F)(F)F)cc(C(C)(C)C)c1O.CCCCCCCCCCOC(=O)CCc1cc(C(C)(C)C)c(O)c(C(C)(C)C)c1. The van der Waals surface area contributed by atoms with Gasteiger partial charge in [-0.1, -0.05) is 159 Å². The van der Waals surface area contributed by atoms with E-state index in [0.29, 0.717) is 41.9 Å². The molecule has 2 aromatic carbocycles. The Balaban J connectivity index is 0.000000645. The molecule has 0 fully saturated rings. The maximum absolute atomic E-state index is 13.4. The summed E-state index contributed by atoms with van der Waals surface area (Å²) in [6.07, 6.45) is -0.388. The van der Waals surface area contributed by atoms with Crippen molar-refractivity contribution in [3.05, 3.63) is 57.6 Å². The molecule has 0 saturated carbocycles. The Labute approximate surface area is 377 Å². The van der Waals surface area contributed by atoms with Crippen molar-refractivity contribution in [1.82, 2.24) is 0 Å². The first kappa shape index (κ1) is 58.5. The number of phenols is 2. The predicted octanol–water partition coefficient (Wildman–Crippen LogP) is 13.7. The van der Waals surface area contributed by atoms with Crippen LogP contribution in [0.15, 0.2) is 24.3 Å². The third-order valence-electron chi connectivity index (χ3n) is 10.8. The van der Waals surface area contributed by atoms with Gasteiger partial charge in [0.2, 0.25) is 0 Å². The molecule has 0 aliphatic heterocycles. The molecule has 2 aromatic rings. The van der Waals surface area contributed by atoms with Crippen LogP contribution in [0.4, 0.5) is 30.7 Å². The standard InChI is InChI=1S/C27H46O3.C23H31F7O4/c1-8-9-10-11-12-13-14-15-18-30-24(28)17-16-21-19-22(26(2,3)4)25(29)23(20-21)27(5,6)7;1-19(2,3)15-9-13(10-16(18(15)33)20(4,5)6)7-8-17(32)34-12-14(31)11-21(24,25)22(26,27)23(28,29)30/h19-20,29H,8-18H2,1-7H3;9-10,14,31,33H,7-8,11-12H2,1-6H3. The van der Waals surface area contributed by atoms with Crippen molar-refractivity contribution < 1.29 is 65.1 Å². The number of benzene rings is 2. The summed E-state index contributed by atoms with van der Waals surface area (Å²) < 4.78 is 99.1. The van der Waals surface area contributed by atoms with Gasteiger partial charge in [-0.2, -0.15) is 30.7 Å². The molecule has 1 atom stereocenters. The smallest absolute Gasteiger partial charge is 0.459 e. The lowest BCUT2D eigenvalue weighted by Crippen LogP contribution is -2.53. The highest BCUT2D eigenvalue weighted by Crippen LogP contribution is 2.48. The number of aliphatic hydroxyl groups is 1. The first-order valence-electron chi connectivity index (χ1n) is 22.5. The van der Waals surface area contributed by atoms with Gasteiger partial charge in [0.1, 0.15) is 18.1 Å². The topological polar surface area (TPSA) is 113 Å². The first-order valence-corrected chi connectivity index (χ1v) is 22.5. The summed E-state index contributed by atoms with van der Waals surface area (Å²) in [5.41, 5.74) is 3.78. The van der Waals surface area contributed by atoms with Crippen LogP contribution in [0.5, 0.6) is 11.5 Å². The van der Waals surface area contributed by atoms with Crippen molar-refractivity contribution in [2.24, 2.45) is 0 Å². The van der Waals surface area contributed by atoms with Crippen LogP contribution in [-0.4, -0.2) is 64.6 Å². The van der Waals surface area contributed by atoms with E-state index >= 15 is 0 Å². The zero-order valence-electron chi connectivity index (χ0n) is 40.6. The molecular formula is C50H77F7O7. The Kier molecular flexibility index (Phi) is 21.7. The van der Waals surface area contributed by atoms with Gasteiger partial charge in [-0.25, -0.2) is 0 Å². The molecule has 0 heterocycles. The van der Waals surface area contributed by atoms with Gasteiger partial charge in [0.05, 0.1) is 12.7 Å². The van der Waals surface area contributed by atoms with Crippen molar-refractivity contribution in [3.8, 4) is 11.5 Å². The predicted molar refractivity (Wildman–Crippen MR) is 239 cm³/mol. The van der Waals surface area contributed by atoms with E-state index in [1.807, 2.05) is 41.5 Å². The molecule has 0 saturated heterocycles. The van der Waals surface area contributed by atoms with Gasteiger partial charge < -0.3 is 24.8 Å². The average molecular weight is 923 g/mol. The number of hydrogen-bond donors (Lipinski definition) is 3. The number of alkyl halides is 7. The van der Waals surface area contributed by atoms with Gasteiger partial charge in [0.15, 0.2) is 0 Å². The molecule has 0 radical (unpaired) electrons. The molecule has 1 unspecified atom stereocenters. The minimum absolute atomic E-state index is 0.115. The van der Waals surface area contributed by atoms with E-state index in [2.05, 4.69) is 65.3 Å². The summed E-state index contributed by atoms with van der Waals surface area (Å²) in [5.74, 6) is -12.5. The van der Waals surface area contributed by atoms with Crippen LogP contribution >= 0.6 is 0 Å². The number of aliphatic hydroxyl groups excluding tert-OH is 1. The van der Waals surface area contributed by atoms with E-state index in [1.165, 1.54) is 38.5 Å². The monoisotopic (exact) mass is 923 g/mol. The number of hydrogen-bond acceptors (Lipinski definition) is 7. The molecule has 0 spiro atoms. The van der Waals surface area contributed by atoms with Crippen molar-refractivity contribution in [2.75, 3.05) is 13.2 Å². The van der Waals surface area contributed by atoms with Crippen LogP contribution in [0.25, 0.3) is 0 Å². The van der Waals surface area contributed by atoms with E-state index in [0.717, 1.165) is 29.5 Å². The maximum atomic E-state index is 13.4. The first-order chi connectivity index (χ1) is 29.0. The zero-order valence-corrected chi connectivity index (χ0v) is 40.6. The number of aryl methyl sites for hydroxylation is 2. The fourth-order valence-corrected chi connectivity index (χ4v) is 6.90. The van der Waals surface area contributed by atoms with Crippen LogP contribution in [0.2, 0.25) is 0 Å². The molecular weight excluding hydrogens is 846 g/mol. The fourth-order valence-electron chi connectivity index (χ4n) is 6.90. The summed E-state index contributed by atoms with van der Waals surface area (Å²) in [6.45, 7) is 25.6. The number of aromatic hydroxyl groups is 2. The van der Waals surface area contributed by atoms with Gasteiger partial charge in [0.25, 0.3) is 0 Å². The van der Waals surface area contributed by atoms with Crippen LogP contribution < -0.4 is 0 Å². The summed E-state index contributed by atoms with van der Waals surface area (Å²) in [4.78, 5) is 24.2. The number of phenolic OH excluding ortho intramolecular Hbond substituents is 2. The third kappa shape index (κ3) is 18.7. The lowest BCUT2D eigenvalue weighted by molar-refractivity contribution is -0.358. The van der Waals surface area contributed by atoms with Crippen LogP contribution in [0, 0.1) is 0 Å². The molecule has 0 aliphatic carbocycles. The molecule has 3 N–H and O–H groups in total. The van der Waals surface area contributed by atoms with Gasteiger partial charge >= 0.3 is 30.0 Å². The van der Waals surface area contributed by atoms with Crippen LogP contribution in [0.3, 0.4) is 0 Å². The summed E-state index contributed by atoms with van der Waals surface area (Å²) >= 11 is 0. The van der Waals surface area contributed by atoms with Crippen LogP contribution in [-0.2, 0) is 53.6 Å². The summed E-state index contributed by atoms with van der Waals surface area (Å²) in [5, 5.41) is 31.0. The van der Waals surface area contributed by atoms with Crippen molar-refractivity contribution in [2.45, 2.75) is 219 Å². The Bertz CT molecular complexity index is 1710. The largest absolute Gasteiger partial charge is 0.507 e. The third-order valence-corrected chi connectivity index (χ3v) is 10.8. The van der Waals surface area contributed by atoms with E-state index in [-0.39, 0.29) is 35.4 Å². The molecule has 368 valence electrons. The molecule has 7 nitrogen and oxygen atoms in total. The molecule has 64 heavy (non-hydrogen) atoms. The van der Waals surface area contributed by atoms with E-state index < -0.39 is 54.0 Å². The Hall–Kier alpha value is -3.55. The van der Waals surface area contributed by atoms with Crippen molar-refractivity contribution in [3.63, 3.8) is 0 Å². The van der Waals surface area contributed by atoms with Crippen molar-refractivity contribution >= 4 is 11.9 Å². The number of unbranched alkanes of at least 4 members (excludes halogenated alkanes) is 7. The van der Waals surface area contributed by atoms with Gasteiger partial charge in [-0.3, -0.25) is 9.59 Å². The number of carbonyl (C=O) groups excluding carboxylic acids is 2. The highest BCUT2D eigenvalue weighted by atomic mass is 19.4. The minimum Gasteiger partial charge on any atom is -0.507 e. The Morgan fingerprint density at radius 2 is 0.875 bits per heavy atom. The highest BCUT2D eigenvalue weighted by molar-refractivity contribution is 5.70. The summed E-state index contributed by atoms with van der Waals surface area (Å²) in [7, 11) is 0. The zero-order chi connectivity index (χ0) is 49.7. The number of ether oxygens (including phenoxy) is 2. The van der Waals surface area contributed by atoms with Gasteiger partial charge in [-0.05, 0) is 74.3 Å². The molecule has 0 aliphatic rings. The Morgan fingerprint density at radius 3 is 1.20 bits per heavy atom. The number of carbonyl (C=O) groups is 2. The number of esters is 2. The van der Waals surface area contributed by atoms with Crippen LogP contribution in [0.1, 0.15) is 194 Å². The number of rotatable bonds is 20. The molecule has 0 aromatic heterocycles. The lowest BCUT2D eigenvalue weighted by Gasteiger charge is -2.29. The summed E-state index contributed by atoms with van der Waals surface area (Å²) in [6, 6.07) is 7.53.